The standard InChI is InChI=1S/C54H39NO/c1-53(2)44-18-10-8-15-38(44)40-25-22-34(30-46(40)53)55(35-23-26-41-39-16-9-11-19-45(39)54(3,4)47(41)31-35)33-21-24-37-42-17-12-20-48-51(42)52-49(56-48)28-27-36(50(52)43(37)29-33)32-13-6-5-7-14-32/h5-31H,1-4H3. The van der Waals surface area contributed by atoms with Crippen molar-refractivity contribution in [3.8, 4) is 33.4 Å². The van der Waals surface area contributed by atoms with E-state index in [1.165, 1.54) is 88.0 Å². The smallest absolute Gasteiger partial charge is 0.136 e. The van der Waals surface area contributed by atoms with Gasteiger partial charge in [0.25, 0.3) is 0 Å². The summed E-state index contributed by atoms with van der Waals surface area (Å²) in [6.07, 6.45) is 0. The second kappa shape index (κ2) is 11.0. The fourth-order valence-corrected chi connectivity index (χ4v) is 10.5. The Bertz CT molecular complexity index is 3150. The molecule has 12 rings (SSSR count). The Balaban J connectivity index is 1.15. The highest BCUT2D eigenvalue weighted by atomic mass is 16.3. The van der Waals surface area contributed by atoms with Crippen molar-refractivity contribution < 1.29 is 4.42 Å². The van der Waals surface area contributed by atoms with Gasteiger partial charge in [-0.3, -0.25) is 0 Å². The van der Waals surface area contributed by atoms with Gasteiger partial charge in [0, 0.05) is 44.1 Å². The Morgan fingerprint density at radius 3 is 1.55 bits per heavy atom. The van der Waals surface area contributed by atoms with E-state index in [1.807, 2.05) is 0 Å². The van der Waals surface area contributed by atoms with Crippen LogP contribution in [0, 0.1) is 0 Å². The van der Waals surface area contributed by atoms with Crippen LogP contribution in [0.1, 0.15) is 49.9 Å². The summed E-state index contributed by atoms with van der Waals surface area (Å²) in [6, 6.07) is 60.9. The van der Waals surface area contributed by atoms with Crippen molar-refractivity contribution >= 4 is 60.5 Å². The molecule has 56 heavy (non-hydrogen) atoms. The Morgan fingerprint density at radius 2 is 0.893 bits per heavy atom. The molecule has 0 atom stereocenters. The second-order valence-electron chi connectivity index (χ2n) is 16.9. The third-order valence-corrected chi connectivity index (χ3v) is 13.2. The van der Waals surface area contributed by atoms with Crippen LogP contribution in [-0.4, -0.2) is 0 Å². The Kier molecular flexibility index (Phi) is 6.22. The number of furan rings is 1. The van der Waals surface area contributed by atoms with Crippen LogP contribution in [0.3, 0.4) is 0 Å². The van der Waals surface area contributed by atoms with Crippen molar-refractivity contribution in [3.05, 3.63) is 186 Å². The van der Waals surface area contributed by atoms with E-state index in [0.717, 1.165) is 28.2 Å². The second-order valence-corrected chi connectivity index (χ2v) is 16.9. The number of hydrogen-bond acceptors (Lipinski definition) is 2. The van der Waals surface area contributed by atoms with Crippen LogP contribution in [0.25, 0.3) is 76.9 Å². The molecule has 0 bridgehead atoms. The van der Waals surface area contributed by atoms with Crippen LogP contribution in [0.2, 0.25) is 0 Å². The number of fused-ring (bicyclic) bond motifs is 9. The first-order valence-corrected chi connectivity index (χ1v) is 19.8. The number of nitrogens with zero attached hydrogens (tertiary/aromatic N) is 1. The molecular weight excluding hydrogens is 679 g/mol. The van der Waals surface area contributed by atoms with Gasteiger partial charge in [-0.2, -0.15) is 0 Å². The molecule has 2 aliphatic rings. The fraction of sp³-hybridized carbons (Fsp3) is 0.111. The zero-order valence-corrected chi connectivity index (χ0v) is 31.9. The minimum Gasteiger partial charge on any atom is -0.456 e. The molecular formula is C54H39NO. The lowest BCUT2D eigenvalue weighted by Gasteiger charge is -2.30. The summed E-state index contributed by atoms with van der Waals surface area (Å²) < 4.78 is 6.56. The maximum atomic E-state index is 6.56. The maximum absolute atomic E-state index is 6.56. The molecule has 0 spiro atoms. The van der Waals surface area contributed by atoms with Gasteiger partial charge in [0.2, 0.25) is 0 Å². The topological polar surface area (TPSA) is 16.4 Å². The maximum Gasteiger partial charge on any atom is 0.136 e. The molecule has 0 saturated carbocycles. The van der Waals surface area contributed by atoms with E-state index in [2.05, 4.69) is 196 Å². The van der Waals surface area contributed by atoms with Crippen molar-refractivity contribution in [1.29, 1.82) is 0 Å². The van der Waals surface area contributed by atoms with Gasteiger partial charge in [0.05, 0.1) is 0 Å². The van der Waals surface area contributed by atoms with E-state index in [-0.39, 0.29) is 10.8 Å². The molecule has 2 nitrogen and oxygen atoms in total. The van der Waals surface area contributed by atoms with Crippen molar-refractivity contribution in [2.45, 2.75) is 38.5 Å². The van der Waals surface area contributed by atoms with Gasteiger partial charge in [-0.05, 0) is 120 Å². The summed E-state index contributed by atoms with van der Waals surface area (Å²) in [5.74, 6) is 0. The predicted molar refractivity (Wildman–Crippen MR) is 235 cm³/mol. The Labute approximate surface area is 326 Å². The number of benzene rings is 9. The van der Waals surface area contributed by atoms with E-state index in [9.17, 15) is 0 Å². The predicted octanol–water partition coefficient (Wildman–Crippen LogP) is 15.1. The van der Waals surface area contributed by atoms with Crippen LogP contribution >= 0.6 is 0 Å². The molecule has 0 radical (unpaired) electrons. The number of anilines is 3. The molecule has 0 fully saturated rings. The van der Waals surface area contributed by atoms with Crippen LogP contribution in [0.15, 0.2) is 168 Å². The molecule has 0 amide bonds. The van der Waals surface area contributed by atoms with Gasteiger partial charge in [0.1, 0.15) is 11.2 Å². The minimum atomic E-state index is -0.123. The first-order chi connectivity index (χ1) is 27.3. The molecule has 266 valence electrons. The molecule has 0 unspecified atom stereocenters. The molecule has 1 heterocycles. The van der Waals surface area contributed by atoms with E-state index in [4.69, 9.17) is 4.42 Å². The summed E-state index contributed by atoms with van der Waals surface area (Å²) in [7, 11) is 0. The first kappa shape index (κ1) is 31.7. The molecule has 2 heteroatoms. The molecule has 9 aromatic carbocycles. The SMILES string of the molecule is CC1(C)c2ccccc2-c2ccc(N(c3ccc4c(c3)C(C)(C)c3ccccc3-4)c3ccc4c(c3)c3c(-c5ccccc5)ccc5oc6cccc4c6c53)cc21. The summed E-state index contributed by atoms with van der Waals surface area (Å²) >= 11 is 0. The van der Waals surface area contributed by atoms with Crippen molar-refractivity contribution in [2.75, 3.05) is 4.90 Å². The molecule has 0 aliphatic heterocycles. The van der Waals surface area contributed by atoms with Gasteiger partial charge in [-0.15, -0.1) is 0 Å². The molecule has 2 aliphatic carbocycles. The number of hydrogen-bond donors (Lipinski definition) is 0. The van der Waals surface area contributed by atoms with Gasteiger partial charge >= 0.3 is 0 Å². The highest BCUT2D eigenvalue weighted by molar-refractivity contribution is 6.35. The Morgan fingerprint density at radius 1 is 0.357 bits per heavy atom. The van der Waals surface area contributed by atoms with E-state index >= 15 is 0 Å². The zero-order chi connectivity index (χ0) is 37.5. The lowest BCUT2D eigenvalue weighted by molar-refractivity contribution is 0.660. The van der Waals surface area contributed by atoms with Gasteiger partial charge < -0.3 is 9.32 Å². The van der Waals surface area contributed by atoms with Crippen molar-refractivity contribution in [2.24, 2.45) is 0 Å². The van der Waals surface area contributed by atoms with Crippen LogP contribution in [-0.2, 0) is 10.8 Å². The van der Waals surface area contributed by atoms with E-state index in [0.29, 0.717) is 0 Å². The number of rotatable bonds is 4. The van der Waals surface area contributed by atoms with Crippen LogP contribution in [0.4, 0.5) is 17.1 Å². The lowest BCUT2D eigenvalue weighted by Crippen LogP contribution is -2.18. The van der Waals surface area contributed by atoms with Crippen molar-refractivity contribution in [1.82, 2.24) is 0 Å². The van der Waals surface area contributed by atoms with Gasteiger partial charge in [-0.25, -0.2) is 0 Å². The first-order valence-electron chi connectivity index (χ1n) is 19.8. The average Bonchev–Trinajstić information content (AvgIpc) is 3.81. The van der Waals surface area contributed by atoms with Crippen molar-refractivity contribution in [3.63, 3.8) is 0 Å². The average molecular weight is 718 g/mol. The quantitative estimate of drug-likeness (QED) is 0.169. The third kappa shape index (κ3) is 4.11. The molecule has 0 N–H and O–H groups in total. The normalized spacial score (nSPS) is 14.7. The molecule has 1 aromatic heterocycles. The minimum absolute atomic E-state index is 0.123. The van der Waals surface area contributed by atoms with Gasteiger partial charge in [-0.1, -0.05) is 143 Å². The van der Waals surface area contributed by atoms with E-state index in [1.54, 1.807) is 0 Å². The largest absolute Gasteiger partial charge is 0.456 e. The highest BCUT2D eigenvalue weighted by Crippen LogP contribution is 2.54. The monoisotopic (exact) mass is 717 g/mol. The summed E-state index contributed by atoms with van der Waals surface area (Å²) in [6.45, 7) is 9.48. The van der Waals surface area contributed by atoms with E-state index < -0.39 is 0 Å². The highest BCUT2D eigenvalue weighted by Gasteiger charge is 2.38. The van der Waals surface area contributed by atoms with Crippen LogP contribution in [0.5, 0.6) is 0 Å². The fourth-order valence-electron chi connectivity index (χ4n) is 10.5. The summed E-state index contributed by atoms with van der Waals surface area (Å²) in [5, 5.41) is 7.31. The Hall–Kier alpha value is -6.64. The zero-order valence-electron chi connectivity index (χ0n) is 31.9. The van der Waals surface area contributed by atoms with Crippen LogP contribution < -0.4 is 4.90 Å². The molecule has 10 aromatic rings. The third-order valence-electron chi connectivity index (χ3n) is 13.2. The van der Waals surface area contributed by atoms with Gasteiger partial charge in [0.15, 0.2) is 0 Å². The lowest BCUT2D eigenvalue weighted by atomic mass is 9.82. The summed E-state index contributed by atoms with van der Waals surface area (Å²) in [4.78, 5) is 2.49. The molecule has 0 saturated heterocycles. The summed E-state index contributed by atoms with van der Waals surface area (Å²) in [5.41, 5.74) is 18.3.